The number of rotatable bonds is 9. The summed E-state index contributed by atoms with van der Waals surface area (Å²) in [5.41, 5.74) is 4.06. The summed E-state index contributed by atoms with van der Waals surface area (Å²) in [5, 5.41) is 12.6. The second kappa shape index (κ2) is 11.8. The van der Waals surface area contributed by atoms with Crippen LogP contribution in [0.25, 0.3) is 68.5 Å². The molecule has 0 saturated carbocycles. The van der Waals surface area contributed by atoms with Crippen LogP contribution in [-0.4, -0.2) is 51.8 Å². The van der Waals surface area contributed by atoms with E-state index in [1.54, 1.807) is 21.3 Å². The molecule has 12 nitrogen and oxygen atoms in total. The fourth-order valence-corrected chi connectivity index (χ4v) is 4.59. The normalized spacial score (nSPS) is 11.0. The van der Waals surface area contributed by atoms with E-state index in [0.717, 1.165) is 33.9 Å². The van der Waals surface area contributed by atoms with Crippen LogP contribution >= 0.6 is 0 Å². The Hall–Kier alpha value is -6.30. The smallest absolute Gasteiger partial charge is 0.258 e. The monoisotopic (exact) mass is 600 g/mol. The first-order chi connectivity index (χ1) is 22.1. The molecule has 4 aromatic carbocycles. The van der Waals surface area contributed by atoms with E-state index >= 15 is 0 Å². The highest BCUT2D eigenvalue weighted by Gasteiger charge is 2.20. The number of nitrogens with zero attached hydrogens (tertiary/aromatic N) is 6. The number of ether oxygens (including phenoxy) is 3. The predicted octanol–water partition coefficient (Wildman–Crippen LogP) is 6.86. The van der Waals surface area contributed by atoms with Gasteiger partial charge in [-0.1, -0.05) is 15.5 Å². The van der Waals surface area contributed by atoms with Crippen LogP contribution in [0.15, 0.2) is 105 Å². The van der Waals surface area contributed by atoms with Crippen molar-refractivity contribution in [3.63, 3.8) is 0 Å². The molecule has 0 unspecified atom stereocenters. The summed E-state index contributed by atoms with van der Waals surface area (Å²) in [6, 6.07) is 27.6. The summed E-state index contributed by atoms with van der Waals surface area (Å²) >= 11 is 0. The minimum atomic E-state index is 0.272. The van der Waals surface area contributed by atoms with Crippen LogP contribution in [0, 0.1) is 0 Å². The highest BCUT2D eigenvalue weighted by molar-refractivity contribution is 5.75. The molecule has 7 aromatic rings. The highest BCUT2D eigenvalue weighted by Crippen LogP contribution is 2.34. The molecule has 0 aliphatic carbocycles. The van der Waals surface area contributed by atoms with Crippen LogP contribution in [0.5, 0.6) is 17.2 Å². The van der Waals surface area contributed by atoms with Crippen LogP contribution in [0.1, 0.15) is 0 Å². The van der Waals surface area contributed by atoms with Crippen LogP contribution in [0.4, 0.5) is 0 Å². The maximum absolute atomic E-state index is 5.69. The van der Waals surface area contributed by atoms with Crippen LogP contribution in [-0.2, 0) is 0 Å². The molecule has 3 heterocycles. The van der Waals surface area contributed by atoms with Crippen LogP contribution < -0.4 is 14.2 Å². The maximum Gasteiger partial charge on any atom is 0.258 e. The Morgan fingerprint density at radius 1 is 0.378 bits per heavy atom. The molecule has 0 fully saturated rings. The van der Waals surface area contributed by atoms with E-state index in [1.165, 1.54) is 0 Å². The zero-order valence-electron chi connectivity index (χ0n) is 24.3. The van der Waals surface area contributed by atoms with E-state index in [0.29, 0.717) is 34.2 Å². The zero-order valence-corrected chi connectivity index (χ0v) is 24.3. The molecule has 0 N–H and O–H groups in total. The molecule has 12 heteroatoms. The Bertz CT molecular complexity index is 1820. The van der Waals surface area contributed by atoms with E-state index in [2.05, 4.69) is 30.4 Å². The Morgan fingerprint density at radius 3 is 0.889 bits per heavy atom. The van der Waals surface area contributed by atoms with Gasteiger partial charge in [0.05, 0.1) is 21.3 Å². The first-order valence-electron chi connectivity index (χ1n) is 13.7. The van der Waals surface area contributed by atoms with Crippen molar-refractivity contribution in [2.24, 2.45) is 0 Å². The first-order valence-corrected chi connectivity index (χ1v) is 13.7. The topological polar surface area (TPSA) is 144 Å². The molecule has 0 radical (unpaired) electrons. The molecule has 45 heavy (non-hydrogen) atoms. The Labute approximate surface area is 256 Å². The fraction of sp³-hybridized carbons (Fsp3) is 0.0909. The molecule has 0 aliphatic rings. The van der Waals surface area contributed by atoms with Gasteiger partial charge in [-0.25, -0.2) is 0 Å². The lowest BCUT2D eigenvalue weighted by Gasteiger charge is -2.03. The average molecular weight is 601 g/mol. The van der Waals surface area contributed by atoms with Crippen molar-refractivity contribution >= 4 is 0 Å². The van der Waals surface area contributed by atoms with Gasteiger partial charge in [0.15, 0.2) is 0 Å². The van der Waals surface area contributed by atoms with Gasteiger partial charge in [0.1, 0.15) is 17.2 Å². The standard InChI is InChI=1S/C33H24N6O6/c1-40-25-10-4-19(5-11-25)28-34-31(43-37-28)22-16-23(32-35-29(38-44-32)20-6-12-26(41-2)13-7-20)18-24(17-22)33-36-30(39-45-33)21-8-14-27(42-3)15-9-21/h4-18H,1-3H3. The van der Waals surface area contributed by atoms with Crippen molar-refractivity contribution in [1.29, 1.82) is 0 Å². The van der Waals surface area contributed by atoms with Gasteiger partial charge in [-0.15, -0.1) is 0 Å². The van der Waals surface area contributed by atoms with Crippen molar-refractivity contribution in [1.82, 2.24) is 30.4 Å². The summed E-state index contributed by atoms with van der Waals surface area (Å²) in [5.74, 6) is 4.23. The molecule has 0 amide bonds. The SMILES string of the molecule is COc1ccc(-c2noc(-c3cc(-c4nc(-c5ccc(OC)cc5)no4)cc(-c4nc(-c5ccc(OC)cc5)no4)c3)n2)cc1. The molecule has 222 valence electrons. The quantitative estimate of drug-likeness (QED) is 0.171. The van der Waals surface area contributed by atoms with Gasteiger partial charge in [-0.2, -0.15) is 15.0 Å². The van der Waals surface area contributed by atoms with Gasteiger partial charge in [0.25, 0.3) is 17.7 Å². The Balaban J connectivity index is 1.28. The number of methoxy groups -OCH3 is 3. The Kier molecular flexibility index (Phi) is 7.20. The van der Waals surface area contributed by atoms with Crippen molar-refractivity contribution < 1.29 is 27.8 Å². The summed E-state index contributed by atoms with van der Waals surface area (Å²) in [6.07, 6.45) is 0. The molecular formula is C33H24N6O6. The fourth-order valence-electron chi connectivity index (χ4n) is 4.59. The van der Waals surface area contributed by atoms with Crippen LogP contribution in [0.2, 0.25) is 0 Å². The van der Waals surface area contributed by atoms with E-state index in [-0.39, 0.29) is 17.7 Å². The lowest BCUT2D eigenvalue weighted by atomic mass is 10.0. The minimum Gasteiger partial charge on any atom is -0.497 e. The van der Waals surface area contributed by atoms with Gasteiger partial charge < -0.3 is 27.8 Å². The average Bonchev–Trinajstić information content (AvgIpc) is 3.90. The summed E-state index contributed by atoms with van der Waals surface area (Å²) in [6.45, 7) is 0. The van der Waals surface area contributed by atoms with Crippen molar-refractivity contribution in [2.75, 3.05) is 21.3 Å². The molecular weight excluding hydrogens is 576 g/mol. The number of hydrogen-bond acceptors (Lipinski definition) is 12. The van der Waals surface area contributed by atoms with Crippen molar-refractivity contribution in [2.45, 2.75) is 0 Å². The van der Waals surface area contributed by atoms with Crippen molar-refractivity contribution in [3.05, 3.63) is 91.0 Å². The number of hydrogen-bond donors (Lipinski definition) is 0. The van der Waals surface area contributed by atoms with Gasteiger partial charge in [0, 0.05) is 33.4 Å². The molecule has 3 aromatic heterocycles. The molecule has 0 saturated heterocycles. The molecule has 0 atom stereocenters. The number of aromatic nitrogens is 6. The second-order valence-electron chi connectivity index (χ2n) is 9.75. The van der Waals surface area contributed by atoms with E-state index in [4.69, 9.17) is 27.8 Å². The third-order valence-corrected chi connectivity index (χ3v) is 7.00. The van der Waals surface area contributed by atoms with Gasteiger partial charge in [0.2, 0.25) is 17.5 Å². The van der Waals surface area contributed by atoms with E-state index in [9.17, 15) is 0 Å². The summed E-state index contributed by atoms with van der Waals surface area (Å²) < 4.78 is 32.8. The van der Waals surface area contributed by atoms with Gasteiger partial charge >= 0.3 is 0 Å². The van der Waals surface area contributed by atoms with Crippen LogP contribution in [0.3, 0.4) is 0 Å². The van der Waals surface area contributed by atoms with Gasteiger partial charge in [-0.05, 0) is 91.0 Å². The Morgan fingerprint density at radius 2 is 0.644 bits per heavy atom. The first kappa shape index (κ1) is 27.5. The molecule has 0 aliphatic heterocycles. The summed E-state index contributed by atoms with van der Waals surface area (Å²) in [4.78, 5) is 13.9. The highest BCUT2D eigenvalue weighted by atomic mass is 16.5. The third-order valence-electron chi connectivity index (χ3n) is 7.00. The van der Waals surface area contributed by atoms with E-state index in [1.807, 2.05) is 91.0 Å². The van der Waals surface area contributed by atoms with Crippen molar-refractivity contribution in [3.8, 4) is 85.8 Å². The maximum atomic E-state index is 5.69. The molecule has 7 rings (SSSR count). The number of benzene rings is 4. The zero-order chi connectivity index (χ0) is 30.8. The third kappa shape index (κ3) is 5.59. The lowest BCUT2D eigenvalue weighted by Crippen LogP contribution is -1.88. The molecule has 0 bridgehead atoms. The molecule has 0 spiro atoms. The largest absolute Gasteiger partial charge is 0.497 e. The van der Waals surface area contributed by atoms with E-state index < -0.39 is 0 Å². The predicted molar refractivity (Wildman–Crippen MR) is 162 cm³/mol. The summed E-state index contributed by atoms with van der Waals surface area (Å²) in [7, 11) is 4.83. The lowest BCUT2D eigenvalue weighted by molar-refractivity contribution is 0.414. The van der Waals surface area contributed by atoms with Gasteiger partial charge in [-0.3, -0.25) is 0 Å². The second-order valence-corrected chi connectivity index (χ2v) is 9.75. The minimum absolute atomic E-state index is 0.272.